The highest BCUT2D eigenvalue weighted by Crippen LogP contribution is 2.28. The summed E-state index contributed by atoms with van der Waals surface area (Å²) in [7, 11) is 0. The molecule has 0 aromatic heterocycles. The number of nitrogens with one attached hydrogen (secondary N) is 1. The average molecular weight is 317 g/mol. The third-order valence-electron chi connectivity index (χ3n) is 3.87. The lowest BCUT2D eigenvalue weighted by atomic mass is 9.74. The van der Waals surface area contributed by atoms with Crippen LogP contribution in [0.2, 0.25) is 10.0 Å². The van der Waals surface area contributed by atoms with E-state index in [9.17, 15) is 4.79 Å². The van der Waals surface area contributed by atoms with E-state index in [-0.39, 0.29) is 5.91 Å². The predicted molar refractivity (Wildman–Crippen MR) is 85.2 cm³/mol. The van der Waals surface area contributed by atoms with E-state index in [4.69, 9.17) is 28.9 Å². The van der Waals surface area contributed by atoms with Crippen molar-refractivity contribution in [1.29, 1.82) is 0 Å². The van der Waals surface area contributed by atoms with Gasteiger partial charge in [-0.1, -0.05) is 29.3 Å². The van der Waals surface area contributed by atoms with Crippen molar-refractivity contribution < 1.29 is 4.79 Å². The lowest BCUT2D eigenvalue weighted by Crippen LogP contribution is -2.55. The van der Waals surface area contributed by atoms with Crippen molar-refractivity contribution in [2.45, 2.75) is 39.7 Å². The van der Waals surface area contributed by atoms with Crippen LogP contribution in [-0.4, -0.2) is 18.0 Å². The number of hydrogen-bond acceptors (Lipinski definition) is 2. The Morgan fingerprint density at radius 3 is 2.35 bits per heavy atom. The van der Waals surface area contributed by atoms with E-state index in [1.165, 1.54) is 0 Å². The van der Waals surface area contributed by atoms with Crippen LogP contribution in [0.4, 0.5) is 0 Å². The molecule has 112 valence electrons. The monoisotopic (exact) mass is 316 g/mol. The molecule has 0 aliphatic carbocycles. The number of nitrogens with two attached hydrogens (primary N) is 1. The first-order chi connectivity index (χ1) is 9.05. The summed E-state index contributed by atoms with van der Waals surface area (Å²) in [6.07, 6.45) is 0.656. The molecule has 5 heteroatoms. The second-order valence-corrected chi connectivity index (χ2v) is 6.93. The Labute approximate surface area is 130 Å². The zero-order valence-corrected chi connectivity index (χ0v) is 13.9. The molecule has 0 unspecified atom stereocenters. The lowest BCUT2D eigenvalue weighted by molar-refractivity contribution is -0.132. The maximum Gasteiger partial charge on any atom is 0.227 e. The molecule has 1 aromatic rings. The first-order valence-corrected chi connectivity index (χ1v) is 7.32. The predicted octanol–water partition coefficient (Wildman–Crippen LogP) is 3.42. The van der Waals surface area contributed by atoms with Crippen LogP contribution in [0.3, 0.4) is 0 Å². The van der Waals surface area contributed by atoms with Gasteiger partial charge in [-0.2, -0.15) is 0 Å². The smallest absolute Gasteiger partial charge is 0.227 e. The molecule has 0 saturated carbocycles. The molecule has 0 saturated heterocycles. The van der Waals surface area contributed by atoms with Gasteiger partial charge in [0, 0.05) is 22.1 Å². The molecule has 0 spiro atoms. The highest BCUT2D eigenvalue weighted by atomic mass is 35.5. The Morgan fingerprint density at radius 1 is 1.25 bits per heavy atom. The number of benzene rings is 1. The normalized spacial score (nSPS) is 12.3. The van der Waals surface area contributed by atoms with Crippen LogP contribution in [0.1, 0.15) is 33.3 Å². The van der Waals surface area contributed by atoms with Crippen molar-refractivity contribution in [3.63, 3.8) is 0 Å². The van der Waals surface area contributed by atoms with Crippen molar-refractivity contribution in [2.75, 3.05) is 6.54 Å². The second kappa shape index (κ2) is 6.33. The Kier molecular flexibility index (Phi) is 5.47. The van der Waals surface area contributed by atoms with E-state index in [1.807, 2.05) is 33.8 Å². The van der Waals surface area contributed by atoms with Gasteiger partial charge in [0.2, 0.25) is 5.91 Å². The minimum atomic E-state index is -0.642. The fourth-order valence-corrected chi connectivity index (χ4v) is 2.05. The molecule has 20 heavy (non-hydrogen) atoms. The fraction of sp³-hybridized carbons (Fsp3) is 0.533. The van der Waals surface area contributed by atoms with Gasteiger partial charge in [-0.15, -0.1) is 0 Å². The number of hydrogen-bond donors (Lipinski definition) is 2. The zero-order valence-electron chi connectivity index (χ0n) is 12.4. The van der Waals surface area contributed by atoms with Gasteiger partial charge in [0.15, 0.2) is 0 Å². The maximum absolute atomic E-state index is 12.2. The van der Waals surface area contributed by atoms with E-state index < -0.39 is 11.0 Å². The van der Waals surface area contributed by atoms with Gasteiger partial charge < -0.3 is 11.1 Å². The van der Waals surface area contributed by atoms with E-state index in [0.29, 0.717) is 23.0 Å². The number of rotatable bonds is 5. The summed E-state index contributed by atoms with van der Waals surface area (Å²) in [5, 5.41) is 4.13. The summed E-state index contributed by atoms with van der Waals surface area (Å²) < 4.78 is 0. The Balaban J connectivity index is 2.59. The van der Waals surface area contributed by atoms with Crippen molar-refractivity contribution in [1.82, 2.24) is 5.32 Å². The summed E-state index contributed by atoms with van der Waals surface area (Å²) in [5.74, 6) is -0.0601. The van der Waals surface area contributed by atoms with Crippen molar-refractivity contribution in [3.05, 3.63) is 33.8 Å². The van der Waals surface area contributed by atoms with Crippen molar-refractivity contribution >= 4 is 29.1 Å². The Hall–Kier alpha value is -0.770. The highest BCUT2D eigenvalue weighted by Gasteiger charge is 2.40. The van der Waals surface area contributed by atoms with Crippen LogP contribution in [0.25, 0.3) is 0 Å². The number of carbonyl (C=O) groups excluding carboxylic acids is 1. The maximum atomic E-state index is 12.2. The molecule has 1 amide bonds. The summed E-state index contributed by atoms with van der Waals surface area (Å²) in [6.45, 7) is 7.90. The molecule has 1 rings (SSSR count). The van der Waals surface area contributed by atoms with Crippen LogP contribution < -0.4 is 11.1 Å². The van der Waals surface area contributed by atoms with Gasteiger partial charge in [0.05, 0.1) is 5.41 Å². The van der Waals surface area contributed by atoms with Crippen molar-refractivity contribution in [2.24, 2.45) is 11.1 Å². The van der Waals surface area contributed by atoms with Gasteiger partial charge in [-0.25, -0.2) is 0 Å². The van der Waals surface area contributed by atoms with E-state index in [2.05, 4.69) is 5.32 Å². The molecule has 0 bridgehead atoms. The topological polar surface area (TPSA) is 55.1 Å². The van der Waals surface area contributed by atoms with Gasteiger partial charge >= 0.3 is 0 Å². The van der Waals surface area contributed by atoms with Crippen LogP contribution in [-0.2, 0) is 11.2 Å². The Morgan fingerprint density at radius 2 is 1.85 bits per heavy atom. The fourth-order valence-electron chi connectivity index (χ4n) is 1.55. The quantitative estimate of drug-likeness (QED) is 0.874. The van der Waals surface area contributed by atoms with Crippen LogP contribution >= 0.6 is 23.2 Å². The lowest BCUT2D eigenvalue weighted by Gasteiger charge is -2.36. The molecule has 0 radical (unpaired) electrons. The van der Waals surface area contributed by atoms with E-state index in [1.54, 1.807) is 12.1 Å². The number of carbonyl (C=O) groups is 1. The average Bonchev–Trinajstić information content (AvgIpc) is 2.30. The summed E-state index contributed by atoms with van der Waals surface area (Å²) in [4.78, 5) is 12.2. The third kappa shape index (κ3) is 4.11. The van der Waals surface area contributed by atoms with Crippen LogP contribution in [0.15, 0.2) is 18.2 Å². The first-order valence-electron chi connectivity index (χ1n) is 6.57. The molecule has 0 atom stereocenters. The molecule has 0 aliphatic rings. The minimum Gasteiger partial charge on any atom is -0.355 e. The number of amides is 1. The molecule has 1 aromatic carbocycles. The standard InChI is InChI=1S/C15H22Cl2N2O/c1-14(2,15(3,4)18)13(20)19-8-7-10-5-6-11(16)9-12(10)17/h5-6,9H,7-8,18H2,1-4H3,(H,19,20). The molecular formula is C15H22Cl2N2O. The van der Waals surface area contributed by atoms with Gasteiger partial charge in [-0.05, 0) is 51.8 Å². The molecule has 0 fully saturated rings. The van der Waals surface area contributed by atoms with Gasteiger partial charge in [0.25, 0.3) is 0 Å². The van der Waals surface area contributed by atoms with Crippen molar-refractivity contribution in [3.8, 4) is 0 Å². The largest absolute Gasteiger partial charge is 0.355 e. The summed E-state index contributed by atoms with van der Waals surface area (Å²) in [5.41, 5.74) is 5.77. The SMILES string of the molecule is CC(C)(N)C(C)(C)C(=O)NCCc1ccc(Cl)cc1Cl. The van der Waals surface area contributed by atoms with E-state index >= 15 is 0 Å². The Bertz CT molecular complexity index is 493. The van der Waals surface area contributed by atoms with Crippen LogP contribution in [0.5, 0.6) is 0 Å². The summed E-state index contributed by atoms with van der Waals surface area (Å²) >= 11 is 11.9. The van der Waals surface area contributed by atoms with Crippen LogP contribution in [0, 0.1) is 5.41 Å². The first kappa shape index (κ1) is 17.3. The molecular weight excluding hydrogens is 295 g/mol. The number of halogens is 2. The van der Waals surface area contributed by atoms with Gasteiger partial charge in [0.1, 0.15) is 0 Å². The van der Waals surface area contributed by atoms with Gasteiger partial charge in [-0.3, -0.25) is 4.79 Å². The molecule has 3 nitrogen and oxygen atoms in total. The molecule has 0 heterocycles. The summed E-state index contributed by atoms with van der Waals surface area (Å²) in [6, 6.07) is 5.36. The highest BCUT2D eigenvalue weighted by molar-refractivity contribution is 6.35. The third-order valence-corrected chi connectivity index (χ3v) is 4.46. The van der Waals surface area contributed by atoms with E-state index in [0.717, 1.165) is 5.56 Å². The second-order valence-electron chi connectivity index (χ2n) is 6.09. The molecule has 3 N–H and O–H groups in total. The minimum absolute atomic E-state index is 0.0601. The zero-order chi connectivity index (χ0) is 15.6. The molecule has 0 aliphatic heterocycles.